The Kier molecular flexibility index (Phi) is 4.90. The summed E-state index contributed by atoms with van der Waals surface area (Å²) >= 11 is 0. The van der Waals surface area contributed by atoms with Gasteiger partial charge in [-0.1, -0.05) is 51.3 Å². The smallest absolute Gasteiger partial charge is 0.120 e. The number of para-hydroxylation sites is 1. The Hall–Kier alpha value is -1.96. The van der Waals surface area contributed by atoms with Crippen LogP contribution >= 0.6 is 0 Å². The van der Waals surface area contributed by atoms with Gasteiger partial charge in [0.15, 0.2) is 0 Å². The lowest BCUT2D eigenvalue weighted by molar-refractivity contribution is 0.233. The molecule has 0 bridgehead atoms. The van der Waals surface area contributed by atoms with Gasteiger partial charge in [0.25, 0.3) is 0 Å². The van der Waals surface area contributed by atoms with Crippen LogP contribution < -0.4 is 4.74 Å². The van der Waals surface area contributed by atoms with E-state index in [1.807, 2.05) is 0 Å². The normalized spacial score (nSPS) is 12.8. The van der Waals surface area contributed by atoms with E-state index in [9.17, 15) is 0 Å². The zero-order valence-corrected chi connectivity index (χ0v) is 14.5. The van der Waals surface area contributed by atoms with E-state index in [0.717, 1.165) is 12.4 Å². The molecule has 2 nitrogen and oxygen atoms in total. The number of aromatic nitrogens is 1. The number of hydrogen-bond acceptors (Lipinski definition) is 1. The first-order valence-corrected chi connectivity index (χ1v) is 8.84. The molecule has 23 heavy (non-hydrogen) atoms. The van der Waals surface area contributed by atoms with Crippen LogP contribution in [0.15, 0.2) is 42.5 Å². The number of ether oxygens (including phenoxy) is 1. The molecule has 0 saturated carbocycles. The van der Waals surface area contributed by atoms with Gasteiger partial charge in [-0.25, -0.2) is 0 Å². The number of rotatable bonds is 7. The minimum Gasteiger partial charge on any atom is -0.493 e. The second kappa shape index (κ2) is 7.08. The van der Waals surface area contributed by atoms with Crippen LogP contribution in [0.2, 0.25) is 0 Å². The van der Waals surface area contributed by atoms with Crippen LogP contribution in [0.25, 0.3) is 21.8 Å². The summed E-state index contributed by atoms with van der Waals surface area (Å²) in [4.78, 5) is 0. The zero-order chi connectivity index (χ0) is 16.2. The fraction of sp³-hybridized carbons (Fsp3) is 0.429. The third-order valence-corrected chi connectivity index (χ3v) is 4.91. The van der Waals surface area contributed by atoms with Crippen molar-refractivity contribution in [2.45, 2.75) is 39.5 Å². The molecule has 0 aliphatic heterocycles. The topological polar surface area (TPSA) is 14.2 Å². The van der Waals surface area contributed by atoms with Crippen molar-refractivity contribution in [1.29, 1.82) is 0 Å². The van der Waals surface area contributed by atoms with E-state index >= 15 is 0 Å². The highest BCUT2D eigenvalue weighted by Gasteiger charge is 2.10. The molecule has 3 rings (SSSR count). The summed E-state index contributed by atoms with van der Waals surface area (Å²) < 4.78 is 8.37. The maximum atomic E-state index is 6.11. The standard InChI is InChI=1S/C21H27NO/c1-4-6-9-16(5-2)15-23-17-12-13-21-19(14-17)18-10-7-8-11-20(18)22(21)3/h7-8,10-14,16H,4-6,9,15H2,1-3H3. The van der Waals surface area contributed by atoms with E-state index < -0.39 is 0 Å². The molecule has 1 aromatic heterocycles. The molecule has 1 heterocycles. The second-order valence-corrected chi connectivity index (χ2v) is 6.48. The van der Waals surface area contributed by atoms with Gasteiger partial charge in [-0.05, 0) is 36.6 Å². The Morgan fingerprint density at radius 3 is 2.57 bits per heavy atom. The first-order chi connectivity index (χ1) is 11.2. The van der Waals surface area contributed by atoms with Gasteiger partial charge in [-0.15, -0.1) is 0 Å². The van der Waals surface area contributed by atoms with Gasteiger partial charge in [0.1, 0.15) is 5.75 Å². The Morgan fingerprint density at radius 2 is 1.78 bits per heavy atom. The van der Waals surface area contributed by atoms with Crippen LogP contribution in [0, 0.1) is 5.92 Å². The number of aryl methyl sites for hydroxylation is 1. The van der Waals surface area contributed by atoms with E-state index in [0.29, 0.717) is 5.92 Å². The van der Waals surface area contributed by atoms with Crippen molar-refractivity contribution in [1.82, 2.24) is 4.57 Å². The summed E-state index contributed by atoms with van der Waals surface area (Å²) in [6, 6.07) is 15.0. The SMILES string of the molecule is CCCCC(CC)COc1ccc2c(c1)c1ccccc1n2C. The van der Waals surface area contributed by atoms with Gasteiger partial charge in [0.2, 0.25) is 0 Å². The first-order valence-electron chi connectivity index (χ1n) is 8.84. The van der Waals surface area contributed by atoms with Gasteiger partial charge in [-0.2, -0.15) is 0 Å². The van der Waals surface area contributed by atoms with Crippen molar-refractivity contribution in [2.24, 2.45) is 13.0 Å². The molecule has 3 aromatic rings. The zero-order valence-electron chi connectivity index (χ0n) is 14.5. The molecule has 1 unspecified atom stereocenters. The number of unbranched alkanes of at least 4 members (excludes halogenated alkanes) is 1. The summed E-state index contributed by atoms with van der Waals surface area (Å²) in [6.07, 6.45) is 5.02. The molecule has 0 saturated heterocycles. The van der Waals surface area contributed by atoms with Crippen LogP contribution in [-0.4, -0.2) is 11.2 Å². The van der Waals surface area contributed by atoms with E-state index in [2.05, 4.69) is 67.9 Å². The molecular weight excluding hydrogens is 282 g/mol. The summed E-state index contributed by atoms with van der Waals surface area (Å²) in [6.45, 7) is 5.34. The molecule has 0 radical (unpaired) electrons. The largest absolute Gasteiger partial charge is 0.493 e. The number of fused-ring (bicyclic) bond motifs is 3. The molecule has 0 spiro atoms. The molecule has 0 N–H and O–H groups in total. The third kappa shape index (κ3) is 3.21. The molecule has 0 amide bonds. The quantitative estimate of drug-likeness (QED) is 0.528. The van der Waals surface area contributed by atoms with E-state index in [-0.39, 0.29) is 0 Å². The summed E-state index contributed by atoms with van der Waals surface area (Å²) in [5.41, 5.74) is 2.53. The van der Waals surface area contributed by atoms with E-state index in [1.165, 1.54) is 47.5 Å². The molecule has 0 fully saturated rings. The lowest BCUT2D eigenvalue weighted by atomic mass is 10.0. The van der Waals surface area contributed by atoms with Gasteiger partial charge in [0, 0.05) is 28.9 Å². The fourth-order valence-corrected chi connectivity index (χ4v) is 3.35. The Bertz CT molecular complexity index is 787. The van der Waals surface area contributed by atoms with E-state index in [1.54, 1.807) is 0 Å². The van der Waals surface area contributed by atoms with Crippen LogP contribution in [-0.2, 0) is 7.05 Å². The maximum absolute atomic E-state index is 6.11. The Morgan fingerprint density at radius 1 is 1.00 bits per heavy atom. The summed E-state index contributed by atoms with van der Waals surface area (Å²) in [7, 11) is 2.13. The minimum atomic E-state index is 0.665. The lowest BCUT2D eigenvalue weighted by Crippen LogP contribution is -2.11. The van der Waals surface area contributed by atoms with Gasteiger partial charge < -0.3 is 9.30 Å². The van der Waals surface area contributed by atoms with Crippen LogP contribution in [0.4, 0.5) is 0 Å². The first kappa shape index (κ1) is 15.9. The molecule has 2 aromatic carbocycles. The van der Waals surface area contributed by atoms with Crippen LogP contribution in [0.1, 0.15) is 39.5 Å². The minimum absolute atomic E-state index is 0.665. The van der Waals surface area contributed by atoms with Crippen molar-refractivity contribution < 1.29 is 4.74 Å². The predicted molar refractivity (Wildman–Crippen MR) is 99.2 cm³/mol. The predicted octanol–water partition coefficient (Wildman–Crippen LogP) is 5.93. The Labute approximate surface area is 139 Å². The highest BCUT2D eigenvalue weighted by atomic mass is 16.5. The number of benzene rings is 2. The number of nitrogens with zero attached hydrogens (tertiary/aromatic N) is 1. The molecular formula is C21H27NO. The monoisotopic (exact) mass is 309 g/mol. The molecule has 2 heteroatoms. The van der Waals surface area contributed by atoms with E-state index in [4.69, 9.17) is 4.74 Å². The molecule has 0 aliphatic carbocycles. The third-order valence-electron chi connectivity index (χ3n) is 4.91. The van der Waals surface area contributed by atoms with Crippen LogP contribution in [0.3, 0.4) is 0 Å². The number of hydrogen-bond donors (Lipinski definition) is 0. The Balaban J connectivity index is 1.84. The maximum Gasteiger partial charge on any atom is 0.120 e. The van der Waals surface area contributed by atoms with Crippen molar-refractivity contribution >= 4 is 21.8 Å². The average molecular weight is 309 g/mol. The van der Waals surface area contributed by atoms with Crippen LogP contribution in [0.5, 0.6) is 5.75 Å². The van der Waals surface area contributed by atoms with Crippen molar-refractivity contribution in [3.63, 3.8) is 0 Å². The van der Waals surface area contributed by atoms with Crippen molar-refractivity contribution in [3.05, 3.63) is 42.5 Å². The summed E-state index contributed by atoms with van der Waals surface area (Å²) in [5, 5.41) is 2.58. The van der Waals surface area contributed by atoms with Crippen molar-refractivity contribution in [2.75, 3.05) is 6.61 Å². The average Bonchev–Trinajstić information content (AvgIpc) is 2.88. The second-order valence-electron chi connectivity index (χ2n) is 6.48. The molecule has 1 atom stereocenters. The highest BCUT2D eigenvalue weighted by Crippen LogP contribution is 2.31. The van der Waals surface area contributed by atoms with Gasteiger partial charge in [-0.3, -0.25) is 0 Å². The highest BCUT2D eigenvalue weighted by molar-refractivity contribution is 6.08. The van der Waals surface area contributed by atoms with Gasteiger partial charge >= 0.3 is 0 Å². The molecule has 122 valence electrons. The van der Waals surface area contributed by atoms with Crippen molar-refractivity contribution in [3.8, 4) is 5.75 Å². The lowest BCUT2D eigenvalue weighted by Gasteiger charge is -2.15. The summed E-state index contributed by atoms with van der Waals surface area (Å²) in [5.74, 6) is 1.65. The fourth-order valence-electron chi connectivity index (χ4n) is 3.35. The molecule has 0 aliphatic rings. The van der Waals surface area contributed by atoms with Gasteiger partial charge in [0.05, 0.1) is 6.61 Å².